The van der Waals surface area contributed by atoms with Crippen LogP contribution in [0, 0.1) is 6.92 Å². The van der Waals surface area contributed by atoms with Gasteiger partial charge in [0.15, 0.2) is 5.69 Å². The van der Waals surface area contributed by atoms with Gasteiger partial charge >= 0.3 is 5.97 Å². The van der Waals surface area contributed by atoms with Crippen LogP contribution in [0.15, 0.2) is 24.3 Å². The van der Waals surface area contributed by atoms with Gasteiger partial charge in [-0.3, -0.25) is 4.79 Å². The topological polar surface area (TPSA) is 88.3 Å². The fraction of sp³-hybridized carbons (Fsp3) is 0.333. The summed E-state index contributed by atoms with van der Waals surface area (Å²) in [5, 5.41) is 17.6. The fourth-order valence-corrected chi connectivity index (χ4v) is 3.00. The third-order valence-electron chi connectivity index (χ3n) is 3.98. The zero-order valence-corrected chi connectivity index (χ0v) is 13.2. The van der Waals surface area contributed by atoms with E-state index >= 15 is 0 Å². The fourth-order valence-electron chi connectivity index (χ4n) is 2.78. The molecule has 0 radical (unpaired) electrons. The van der Waals surface area contributed by atoms with Gasteiger partial charge in [0.25, 0.3) is 5.91 Å². The lowest BCUT2D eigenvalue weighted by atomic mass is 10.2. The quantitative estimate of drug-likeness (QED) is 0.926. The van der Waals surface area contributed by atoms with Gasteiger partial charge in [0.2, 0.25) is 0 Å². The second-order valence-corrected chi connectivity index (χ2v) is 5.79. The predicted molar refractivity (Wildman–Crippen MR) is 82.8 cm³/mol. The van der Waals surface area contributed by atoms with Crippen LogP contribution >= 0.6 is 11.6 Å². The molecular formula is C15H15ClN4O3. The lowest BCUT2D eigenvalue weighted by molar-refractivity contribution is -0.141. The Kier molecular flexibility index (Phi) is 4.04. The summed E-state index contributed by atoms with van der Waals surface area (Å²) in [4.78, 5) is 25.2. The van der Waals surface area contributed by atoms with Crippen molar-refractivity contribution in [1.29, 1.82) is 0 Å². The minimum Gasteiger partial charge on any atom is -0.480 e. The molecule has 8 heteroatoms. The standard InChI is InChI=1S/C15H15ClN4O3/c1-9-13(14(21)19-8-4-7-12(19)15(22)23)17-18-20(9)11-6-3-2-5-10(11)16/h2-3,5-6,12H,4,7-8H2,1H3,(H,22,23). The van der Waals surface area contributed by atoms with Crippen molar-refractivity contribution in [2.24, 2.45) is 0 Å². The Hall–Kier alpha value is -2.41. The summed E-state index contributed by atoms with van der Waals surface area (Å²) >= 11 is 6.15. The molecule has 1 aromatic carbocycles. The number of para-hydroxylation sites is 1. The molecule has 120 valence electrons. The van der Waals surface area contributed by atoms with Crippen molar-refractivity contribution >= 4 is 23.5 Å². The van der Waals surface area contributed by atoms with E-state index in [0.29, 0.717) is 35.8 Å². The van der Waals surface area contributed by atoms with Crippen LogP contribution in [0.1, 0.15) is 29.0 Å². The highest BCUT2D eigenvalue weighted by Crippen LogP contribution is 2.24. The average molecular weight is 335 g/mol. The van der Waals surface area contributed by atoms with Crippen molar-refractivity contribution in [3.63, 3.8) is 0 Å². The van der Waals surface area contributed by atoms with Crippen molar-refractivity contribution in [2.75, 3.05) is 6.54 Å². The minimum atomic E-state index is -0.994. The van der Waals surface area contributed by atoms with Gasteiger partial charge in [0, 0.05) is 6.54 Å². The molecule has 3 rings (SSSR count). The zero-order chi connectivity index (χ0) is 16.6. The molecule has 1 amide bonds. The molecule has 7 nitrogen and oxygen atoms in total. The van der Waals surface area contributed by atoms with E-state index in [1.54, 1.807) is 25.1 Å². The van der Waals surface area contributed by atoms with Gasteiger partial charge in [-0.2, -0.15) is 0 Å². The molecule has 0 spiro atoms. The first-order chi connectivity index (χ1) is 11.0. The van der Waals surface area contributed by atoms with Crippen LogP contribution in [0.3, 0.4) is 0 Å². The van der Waals surface area contributed by atoms with E-state index in [-0.39, 0.29) is 5.69 Å². The lowest BCUT2D eigenvalue weighted by Crippen LogP contribution is -2.40. The first kappa shape index (κ1) is 15.5. The van der Waals surface area contributed by atoms with E-state index < -0.39 is 17.9 Å². The molecule has 1 unspecified atom stereocenters. The van der Waals surface area contributed by atoms with E-state index in [0.717, 1.165) is 0 Å². The van der Waals surface area contributed by atoms with Gasteiger partial charge in [-0.05, 0) is 31.9 Å². The Bertz CT molecular complexity index is 774. The Labute approximate surface area is 137 Å². The molecule has 0 saturated carbocycles. The van der Waals surface area contributed by atoms with Crippen LogP contribution in [0.25, 0.3) is 5.69 Å². The summed E-state index contributed by atoms with van der Waals surface area (Å²) in [6.07, 6.45) is 1.12. The van der Waals surface area contributed by atoms with Crippen molar-refractivity contribution in [3.8, 4) is 5.69 Å². The number of aliphatic carboxylic acids is 1. The summed E-state index contributed by atoms with van der Waals surface area (Å²) in [7, 11) is 0. The first-order valence-electron chi connectivity index (χ1n) is 7.21. The van der Waals surface area contributed by atoms with Crippen LogP contribution < -0.4 is 0 Å². The van der Waals surface area contributed by atoms with Gasteiger partial charge < -0.3 is 10.0 Å². The molecule has 2 aromatic rings. The third-order valence-corrected chi connectivity index (χ3v) is 4.30. The number of amides is 1. The number of hydrogen-bond acceptors (Lipinski definition) is 4. The van der Waals surface area contributed by atoms with Crippen molar-refractivity contribution < 1.29 is 14.7 Å². The van der Waals surface area contributed by atoms with Gasteiger partial charge in [-0.1, -0.05) is 28.9 Å². The van der Waals surface area contributed by atoms with Crippen LogP contribution in [0.4, 0.5) is 0 Å². The van der Waals surface area contributed by atoms with Gasteiger partial charge in [-0.25, -0.2) is 9.48 Å². The zero-order valence-electron chi connectivity index (χ0n) is 12.4. The minimum absolute atomic E-state index is 0.151. The maximum Gasteiger partial charge on any atom is 0.326 e. The van der Waals surface area contributed by atoms with Gasteiger partial charge in [0.1, 0.15) is 6.04 Å². The number of carbonyl (C=O) groups is 2. The Morgan fingerprint density at radius 2 is 2.09 bits per heavy atom. The smallest absolute Gasteiger partial charge is 0.326 e. The SMILES string of the molecule is Cc1c(C(=O)N2CCCC2C(=O)O)nnn1-c1ccccc1Cl. The molecule has 0 bridgehead atoms. The molecule has 1 aliphatic heterocycles. The summed E-state index contributed by atoms with van der Waals surface area (Å²) < 4.78 is 1.49. The van der Waals surface area contributed by atoms with Crippen molar-refractivity contribution in [2.45, 2.75) is 25.8 Å². The Balaban J connectivity index is 1.95. The highest BCUT2D eigenvalue weighted by molar-refractivity contribution is 6.32. The van der Waals surface area contributed by atoms with Crippen LogP contribution in [0.2, 0.25) is 5.02 Å². The molecule has 23 heavy (non-hydrogen) atoms. The number of hydrogen-bond donors (Lipinski definition) is 1. The Morgan fingerprint density at radius 1 is 1.35 bits per heavy atom. The highest BCUT2D eigenvalue weighted by atomic mass is 35.5. The monoisotopic (exact) mass is 334 g/mol. The molecule has 0 aliphatic carbocycles. The second kappa shape index (κ2) is 6.00. The first-order valence-corrected chi connectivity index (χ1v) is 7.59. The number of likely N-dealkylation sites (tertiary alicyclic amines) is 1. The number of carboxylic acids is 1. The van der Waals surface area contributed by atoms with E-state index in [1.165, 1.54) is 9.58 Å². The molecule has 1 aromatic heterocycles. The summed E-state index contributed by atoms with van der Waals surface area (Å²) in [6, 6.07) is 6.30. The highest BCUT2D eigenvalue weighted by Gasteiger charge is 2.36. The maximum absolute atomic E-state index is 12.6. The number of halogens is 1. The van der Waals surface area contributed by atoms with Crippen molar-refractivity contribution in [3.05, 3.63) is 40.7 Å². The summed E-state index contributed by atoms with van der Waals surface area (Å²) in [5.41, 5.74) is 1.30. The van der Waals surface area contributed by atoms with Crippen molar-refractivity contribution in [1.82, 2.24) is 19.9 Å². The lowest BCUT2D eigenvalue weighted by Gasteiger charge is -2.20. The number of rotatable bonds is 3. The number of carboxylic acid groups (broad SMARTS) is 1. The van der Waals surface area contributed by atoms with E-state index in [2.05, 4.69) is 10.3 Å². The Morgan fingerprint density at radius 3 is 2.78 bits per heavy atom. The number of benzene rings is 1. The number of nitrogens with zero attached hydrogens (tertiary/aromatic N) is 4. The molecule has 1 N–H and O–H groups in total. The van der Waals surface area contributed by atoms with E-state index in [1.807, 2.05) is 6.07 Å². The second-order valence-electron chi connectivity index (χ2n) is 5.38. The van der Waals surface area contributed by atoms with E-state index in [4.69, 9.17) is 11.6 Å². The molecule has 1 aliphatic rings. The van der Waals surface area contributed by atoms with Crippen LogP contribution in [-0.2, 0) is 4.79 Å². The predicted octanol–water partition coefficient (Wildman–Crippen LogP) is 1.92. The number of aromatic nitrogens is 3. The molecule has 1 fully saturated rings. The molecular weight excluding hydrogens is 320 g/mol. The maximum atomic E-state index is 12.6. The van der Waals surface area contributed by atoms with Gasteiger partial charge in [0.05, 0.1) is 16.4 Å². The van der Waals surface area contributed by atoms with E-state index in [9.17, 15) is 14.7 Å². The van der Waals surface area contributed by atoms with Crippen LogP contribution in [-0.4, -0.2) is 49.5 Å². The summed E-state index contributed by atoms with van der Waals surface area (Å²) in [6.45, 7) is 2.12. The third kappa shape index (κ3) is 2.68. The number of carbonyl (C=O) groups excluding carboxylic acids is 1. The normalized spacial score (nSPS) is 17.5. The summed E-state index contributed by atoms with van der Waals surface area (Å²) in [5.74, 6) is -1.40. The van der Waals surface area contributed by atoms with Gasteiger partial charge in [-0.15, -0.1) is 5.10 Å². The largest absolute Gasteiger partial charge is 0.480 e. The molecule has 1 atom stereocenters. The molecule has 1 saturated heterocycles. The average Bonchev–Trinajstić information content (AvgIpc) is 3.14. The molecule has 2 heterocycles. The van der Waals surface area contributed by atoms with Crippen LogP contribution in [0.5, 0.6) is 0 Å².